The average molecular weight is 279 g/mol. The fourth-order valence-electron chi connectivity index (χ4n) is 2.69. The summed E-state index contributed by atoms with van der Waals surface area (Å²) < 4.78 is 5.99. The molecule has 0 saturated heterocycles. The van der Waals surface area contributed by atoms with E-state index in [1.807, 2.05) is 25.2 Å². The number of hydrogen-bond acceptors (Lipinski definition) is 2. The molecule has 3 rings (SSSR count). The van der Waals surface area contributed by atoms with Crippen LogP contribution in [0.5, 0.6) is 0 Å². The lowest BCUT2D eigenvalue weighted by atomic mass is 9.98. The van der Waals surface area contributed by atoms with Gasteiger partial charge in [-0.3, -0.25) is 0 Å². The van der Waals surface area contributed by atoms with E-state index in [2.05, 4.69) is 55.6 Å². The molecule has 3 aromatic rings. The van der Waals surface area contributed by atoms with Gasteiger partial charge in [0, 0.05) is 5.39 Å². The highest BCUT2D eigenvalue weighted by Crippen LogP contribution is 2.28. The van der Waals surface area contributed by atoms with Gasteiger partial charge in [0.1, 0.15) is 11.3 Å². The average Bonchev–Trinajstić information content (AvgIpc) is 2.92. The quantitative estimate of drug-likeness (QED) is 0.737. The van der Waals surface area contributed by atoms with E-state index in [4.69, 9.17) is 4.42 Å². The fourth-order valence-corrected chi connectivity index (χ4v) is 2.69. The second kappa shape index (κ2) is 5.74. The lowest BCUT2D eigenvalue weighted by Crippen LogP contribution is -2.16. The summed E-state index contributed by atoms with van der Waals surface area (Å²) in [7, 11) is 1.97. The van der Waals surface area contributed by atoms with Gasteiger partial charge in [0.15, 0.2) is 0 Å². The van der Waals surface area contributed by atoms with E-state index in [-0.39, 0.29) is 6.04 Å². The highest BCUT2D eigenvalue weighted by atomic mass is 16.3. The summed E-state index contributed by atoms with van der Waals surface area (Å²) in [5.74, 6) is 1.51. The number of furan rings is 1. The van der Waals surface area contributed by atoms with Gasteiger partial charge in [0.05, 0.1) is 6.04 Å². The van der Waals surface area contributed by atoms with Gasteiger partial charge in [-0.2, -0.15) is 0 Å². The molecule has 1 N–H and O–H groups in total. The van der Waals surface area contributed by atoms with Gasteiger partial charge in [-0.1, -0.05) is 56.3 Å². The largest absolute Gasteiger partial charge is 0.459 e. The zero-order valence-corrected chi connectivity index (χ0v) is 12.8. The molecular weight excluding hydrogens is 258 g/mol. The molecule has 0 aliphatic carbocycles. The van der Waals surface area contributed by atoms with Crippen LogP contribution < -0.4 is 5.32 Å². The Hall–Kier alpha value is -2.06. The van der Waals surface area contributed by atoms with E-state index < -0.39 is 0 Å². The van der Waals surface area contributed by atoms with Crippen molar-refractivity contribution in [3.8, 4) is 0 Å². The van der Waals surface area contributed by atoms with E-state index in [0.717, 1.165) is 16.7 Å². The van der Waals surface area contributed by atoms with Crippen LogP contribution in [0.15, 0.2) is 59.0 Å². The summed E-state index contributed by atoms with van der Waals surface area (Å²) in [4.78, 5) is 0. The second-order valence-electron chi connectivity index (χ2n) is 5.73. The molecule has 108 valence electrons. The van der Waals surface area contributed by atoms with Crippen LogP contribution in [0.4, 0.5) is 0 Å². The number of nitrogens with one attached hydrogen (secondary N) is 1. The Morgan fingerprint density at radius 3 is 2.19 bits per heavy atom. The van der Waals surface area contributed by atoms with E-state index >= 15 is 0 Å². The van der Waals surface area contributed by atoms with E-state index in [0.29, 0.717) is 5.92 Å². The minimum absolute atomic E-state index is 0.0820. The zero-order valence-electron chi connectivity index (χ0n) is 12.8. The molecule has 0 fully saturated rings. The van der Waals surface area contributed by atoms with Crippen LogP contribution in [0.1, 0.15) is 42.7 Å². The molecule has 1 atom stereocenters. The Kier molecular flexibility index (Phi) is 3.80. The van der Waals surface area contributed by atoms with Gasteiger partial charge in [0.2, 0.25) is 0 Å². The first-order valence-corrected chi connectivity index (χ1v) is 7.44. The minimum atomic E-state index is 0.0820. The van der Waals surface area contributed by atoms with Crippen LogP contribution >= 0.6 is 0 Å². The second-order valence-corrected chi connectivity index (χ2v) is 5.73. The van der Waals surface area contributed by atoms with Gasteiger partial charge in [-0.25, -0.2) is 0 Å². The number of fused-ring (bicyclic) bond motifs is 1. The third-order valence-electron chi connectivity index (χ3n) is 3.95. The van der Waals surface area contributed by atoms with Gasteiger partial charge in [-0.05, 0) is 36.2 Å². The maximum Gasteiger partial charge on any atom is 0.134 e. The molecule has 21 heavy (non-hydrogen) atoms. The van der Waals surface area contributed by atoms with Crippen LogP contribution in [0, 0.1) is 0 Å². The summed E-state index contributed by atoms with van der Waals surface area (Å²) in [6.07, 6.45) is 0. The van der Waals surface area contributed by atoms with Crippen molar-refractivity contribution in [3.05, 3.63) is 71.5 Å². The zero-order chi connectivity index (χ0) is 14.8. The SMILES string of the molecule is CNC(c1ccc(C(C)C)cc1)c1cc2ccccc2o1. The summed E-state index contributed by atoms with van der Waals surface area (Å²) in [6.45, 7) is 4.42. The first-order chi connectivity index (χ1) is 10.2. The first kappa shape index (κ1) is 13.9. The first-order valence-electron chi connectivity index (χ1n) is 7.44. The number of para-hydroxylation sites is 1. The molecule has 0 saturated carbocycles. The van der Waals surface area contributed by atoms with Crippen molar-refractivity contribution in [3.63, 3.8) is 0 Å². The third-order valence-corrected chi connectivity index (χ3v) is 3.95. The lowest BCUT2D eigenvalue weighted by Gasteiger charge is -2.15. The highest BCUT2D eigenvalue weighted by Gasteiger charge is 2.16. The molecule has 0 spiro atoms. The standard InChI is InChI=1S/C19H21NO/c1-13(2)14-8-10-15(11-9-14)19(20-3)18-12-16-6-4-5-7-17(16)21-18/h4-13,19-20H,1-3H3. The molecule has 2 nitrogen and oxygen atoms in total. The molecule has 0 aliphatic rings. The summed E-state index contributed by atoms with van der Waals surface area (Å²) >= 11 is 0. The van der Waals surface area contributed by atoms with Gasteiger partial charge in [0.25, 0.3) is 0 Å². The van der Waals surface area contributed by atoms with Crippen molar-refractivity contribution in [2.75, 3.05) is 7.05 Å². The number of rotatable bonds is 4. The Morgan fingerprint density at radius 1 is 0.905 bits per heavy atom. The van der Waals surface area contributed by atoms with Gasteiger partial charge >= 0.3 is 0 Å². The molecule has 0 amide bonds. The number of hydrogen-bond donors (Lipinski definition) is 1. The Morgan fingerprint density at radius 2 is 1.57 bits per heavy atom. The summed E-state index contributed by atoms with van der Waals surface area (Å²) in [6, 6.07) is 19.1. The maximum absolute atomic E-state index is 5.99. The summed E-state index contributed by atoms with van der Waals surface area (Å²) in [5.41, 5.74) is 3.52. The smallest absolute Gasteiger partial charge is 0.134 e. The Labute approximate surface area is 125 Å². The van der Waals surface area contributed by atoms with Crippen LogP contribution in [0.3, 0.4) is 0 Å². The lowest BCUT2D eigenvalue weighted by molar-refractivity contribution is 0.491. The minimum Gasteiger partial charge on any atom is -0.459 e. The van der Waals surface area contributed by atoms with E-state index in [1.165, 1.54) is 11.1 Å². The van der Waals surface area contributed by atoms with E-state index in [9.17, 15) is 0 Å². The molecule has 1 aromatic heterocycles. The molecule has 2 heteroatoms. The van der Waals surface area contributed by atoms with Crippen molar-refractivity contribution in [2.24, 2.45) is 0 Å². The van der Waals surface area contributed by atoms with Crippen LogP contribution in [0.25, 0.3) is 11.0 Å². The molecule has 1 heterocycles. The topological polar surface area (TPSA) is 25.2 Å². The summed E-state index contributed by atoms with van der Waals surface area (Å²) in [5, 5.41) is 4.50. The molecular formula is C19H21NO. The maximum atomic E-state index is 5.99. The fraction of sp³-hybridized carbons (Fsp3) is 0.263. The van der Waals surface area contributed by atoms with Crippen molar-refractivity contribution < 1.29 is 4.42 Å². The molecule has 0 radical (unpaired) electrons. The van der Waals surface area contributed by atoms with Crippen molar-refractivity contribution in [2.45, 2.75) is 25.8 Å². The van der Waals surface area contributed by atoms with E-state index in [1.54, 1.807) is 0 Å². The highest BCUT2D eigenvalue weighted by molar-refractivity contribution is 5.77. The van der Waals surface area contributed by atoms with Crippen LogP contribution in [0.2, 0.25) is 0 Å². The predicted octanol–water partition coefficient (Wildman–Crippen LogP) is 4.87. The Balaban J connectivity index is 1.97. The molecule has 1 unspecified atom stereocenters. The van der Waals surface area contributed by atoms with Crippen molar-refractivity contribution in [1.82, 2.24) is 5.32 Å². The van der Waals surface area contributed by atoms with Gasteiger partial charge < -0.3 is 9.73 Å². The molecule has 0 aliphatic heterocycles. The monoisotopic (exact) mass is 279 g/mol. The predicted molar refractivity (Wildman–Crippen MR) is 87.6 cm³/mol. The van der Waals surface area contributed by atoms with Gasteiger partial charge in [-0.15, -0.1) is 0 Å². The third kappa shape index (κ3) is 2.72. The van der Waals surface area contributed by atoms with Crippen LogP contribution in [-0.2, 0) is 0 Å². The Bertz CT molecular complexity index is 692. The normalized spacial score (nSPS) is 13.0. The molecule has 2 aromatic carbocycles. The van der Waals surface area contributed by atoms with Crippen molar-refractivity contribution in [1.29, 1.82) is 0 Å². The number of benzene rings is 2. The van der Waals surface area contributed by atoms with Crippen molar-refractivity contribution >= 4 is 11.0 Å². The van der Waals surface area contributed by atoms with Crippen LogP contribution in [-0.4, -0.2) is 7.05 Å². The molecule has 0 bridgehead atoms.